The third kappa shape index (κ3) is 5.95. The topological polar surface area (TPSA) is 26.8 Å². The Balaban J connectivity index is 1.77. The van der Waals surface area contributed by atoms with Crippen LogP contribution in [-0.4, -0.2) is 73.0 Å². The Hall–Kier alpha value is -0.610. The van der Waals surface area contributed by atoms with Crippen LogP contribution in [0.2, 0.25) is 0 Å². The maximum absolute atomic E-state index is 13.1. The number of carbonyl (C=O) groups excluding carboxylic acids is 1. The highest BCUT2D eigenvalue weighted by atomic mass is 16.2. The smallest absolute Gasteiger partial charge is 0.228 e. The van der Waals surface area contributed by atoms with Gasteiger partial charge in [0.1, 0.15) is 0 Å². The third-order valence-corrected chi connectivity index (χ3v) is 6.88. The quantitative estimate of drug-likeness (QED) is 0.688. The van der Waals surface area contributed by atoms with Crippen molar-refractivity contribution in [2.45, 2.75) is 67.2 Å². The summed E-state index contributed by atoms with van der Waals surface area (Å²) in [4.78, 5) is 20.4. The summed E-state index contributed by atoms with van der Waals surface area (Å²) in [6.07, 6.45) is 5.08. The molecule has 0 aromatic heterocycles. The van der Waals surface area contributed by atoms with Crippen LogP contribution in [0.3, 0.4) is 0 Å². The number of likely N-dealkylation sites (tertiary alicyclic amines) is 1. The number of piperazine rings is 1. The van der Waals surface area contributed by atoms with Gasteiger partial charge >= 0.3 is 0 Å². The zero-order valence-corrected chi connectivity index (χ0v) is 18.3. The van der Waals surface area contributed by atoms with Crippen molar-refractivity contribution in [2.24, 2.45) is 16.7 Å². The SMILES string of the molecule is CC(C)C(C)(C)CC(C)(C)C(=O)N1CCN(CCN2CCCCC2)CC1. The van der Waals surface area contributed by atoms with Crippen molar-refractivity contribution in [1.82, 2.24) is 14.7 Å². The van der Waals surface area contributed by atoms with E-state index in [0.29, 0.717) is 11.8 Å². The third-order valence-electron chi connectivity index (χ3n) is 6.88. The van der Waals surface area contributed by atoms with Crippen LogP contribution in [0.5, 0.6) is 0 Å². The second-order valence-corrected chi connectivity index (χ2v) is 10.2. The fourth-order valence-corrected chi connectivity index (χ4v) is 4.49. The molecule has 2 rings (SSSR count). The number of rotatable bonds is 7. The van der Waals surface area contributed by atoms with Crippen molar-refractivity contribution in [3.63, 3.8) is 0 Å². The van der Waals surface area contributed by atoms with Crippen LogP contribution in [0.15, 0.2) is 0 Å². The molecule has 0 bridgehead atoms. The number of piperidine rings is 1. The maximum Gasteiger partial charge on any atom is 0.228 e. The summed E-state index contributed by atoms with van der Waals surface area (Å²) >= 11 is 0. The minimum atomic E-state index is -0.274. The molecule has 0 aliphatic carbocycles. The molecule has 2 aliphatic rings. The second-order valence-electron chi connectivity index (χ2n) is 10.2. The summed E-state index contributed by atoms with van der Waals surface area (Å²) in [5, 5.41) is 0. The first-order valence-corrected chi connectivity index (χ1v) is 10.9. The standard InChI is InChI=1S/C22H43N3O/c1-19(2)21(3,4)18-22(5,6)20(26)25-16-14-24(15-17-25)13-12-23-10-8-7-9-11-23/h19H,7-18H2,1-6H3. The summed E-state index contributed by atoms with van der Waals surface area (Å²) in [5.74, 6) is 0.933. The molecule has 2 saturated heterocycles. The van der Waals surface area contributed by atoms with Gasteiger partial charge in [-0.15, -0.1) is 0 Å². The Morgan fingerprint density at radius 2 is 1.31 bits per heavy atom. The van der Waals surface area contributed by atoms with Crippen molar-refractivity contribution < 1.29 is 4.79 Å². The lowest BCUT2D eigenvalue weighted by atomic mass is 9.69. The number of nitrogens with zero attached hydrogens (tertiary/aromatic N) is 3. The van der Waals surface area contributed by atoms with E-state index in [9.17, 15) is 4.79 Å². The van der Waals surface area contributed by atoms with E-state index in [1.807, 2.05) is 0 Å². The zero-order chi connectivity index (χ0) is 19.4. The highest BCUT2D eigenvalue weighted by Crippen LogP contribution is 2.40. The summed E-state index contributed by atoms with van der Waals surface area (Å²) < 4.78 is 0. The summed E-state index contributed by atoms with van der Waals surface area (Å²) in [6.45, 7) is 22.2. The zero-order valence-electron chi connectivity index (χ0n) is 18.3. The normalized spacial score (nSPS) is 21.4. The van der Waals surface area contributed by atoms with Crippen molar-refractivity contribution in [3.05, 3.63) is 0 Å². The first-order chi connectivity index (χ1) is 12.1. The monoisotopic (exact) mass is 365 g/mol. The number of hydrogen-bond acceptors (Lipinski definition) is 3. The minimum absolute atomic E-state index is 0.190. The molecule has 0 aromatic rings. The average molecular weight is 366 g/mol. The van der Waals surface area contributed by atoms with E-state index in [4.69, 9.17) is 0 Å². The van der Waals surface area contributed by atoms with E-state index in [1.165, 1.54) is 38.9 Å². The number of carbonyl (C=O) groups is 1. The molecular weight excluding hydrogens is 322 g/mol. The number of hydrogen-bond donors (Lipinski definition) is 0. The van der Waals surface area contributed by atoms with Crippen LogP contribution in [0.1, 0.15) is 67.2 Å². The number of amides is 1. The van der Waals surface area contributed by atoms with Gasteiger partial charge in [-0.05, 0) is 43.7 Å². The molecule has 2 fully saturated rings. The Kier molecular flexibility index (Phi) is 7.55. The van der Waals surface area contributed by atoms with Crippen molar-refractivity contribution in [1.29, 1.82) is 0 Å². The van der Waals surface area contributed by atoms with E-state index in [0.717, 1.165) is 39.1 Å². The van der Waals surface area contributed by atoms with Crippen LogP contribution in [-0.2, 0) is 4.79 Å². The first-order valence-electron chi connectivity index (χ1n) is 10.9. The predicted molar refractivity (Wildman–Crippen MR) is 110 cm³/mol. The molecular formula is C22H43N3O. The lowest BCUT2D eigenvalue weighted by molar-refractivity contribution is -0.144. The van der Waals surface area contributed by atoms with Crippen molar-refractivity contribution >= 4 is 5.91 Å². The fourth-order valence-electron chi connectivity index (χ4n) is 4.49. The molecule has 0 spiro atoms. The van der Waals surface area contributed by atoms with Gasteiger partial charge in [0.05, 0.1) is 0 Å². The lowest BCUT2D eigenvalue weighted by Crippen LogP contribution is -2.53. The Labute approximate surface area is 162 Å². The van der Waals surface area contributed by atoms with Crippen LogP contribution >= 0.6 is 0 Å². The molecule has 1 amide bonds. The van der Waals surface area contributed by atoms with E-state index in [1.54, 1.807) is 0 Å². The lowest BCUT2D eigenvalue weighted by Gasteiger charge is -2.42. The fraction of sp³-hybridized carbons (Fsp3) is 0.955. The molecule has 26 heavy (non-hydrogen) atoms. The van der Waals surface area contributed by atoms with E-state index in [-0.39, 0.29) is 10.8 Å². The summed E-state index contributed by atoms with van der Waals surface area (Å²) in [6, 6.07) is 0. The molecule has 0 unspecified atom stereocenters. The van der Waals surface area contributed by atoms with E-state index < -0.39 is 0 Å². The second kappa shape index (κ2) is 9.05. The van der Waals surface area contributed by atoms with Gasteiger partial charge in [-0.3, -0.25) is 9.69 Å². The highest BCUT2D eigenvalue weighted by Gasteiger charge is 2.39. The molecule has 0 radical (unpaired) electrons. The minimum Gasteiger partial charge on any atom is -0.340 e. The van der Waals surface area contributed by atoms with Gasteiger partial charge in [-0.25, -0.2) is 0 Å². The molecule has 2 aliphatic heterocycles. The van der Waals surface area contributed by atoms with E-state index >= 15 is 0 Å². The molecule has 0 atom stereocenters. The summed E-state index contributed by atoms with van der Waals surface area (Å²) in [5.41, 5.74) is -0.0842. The molecule has 0 aromatic carbocycles. The Bertz CT molecular complexity index is 444. The van der Waals surface area contributed by atoms with Crippen molar-refractivity contribution in [3.8, 4) is 0 Å². The van der Waals surface area contributed by atoms with Gasteiger partial charge in [0.15, 0.2) is 0 Å². The molecule has 152 valence electrons. The highest BCUT2D eigenvalue weighted by molar-refractivity contribution is 5.82. The van der Waals surface area contributed by atoms with Crippen molar-refractivity contribution in [2.75, 3.05) is 52.4 Å². The molecule has 4 heteroatoms. The van der Waals surface area contributed by atoms with Gasteiger partial charge in [0.25, 0.3) is 0 Å². The predicted octanol–water partition coefficient (Wildman–Crippen LogP) is 3.72. The molecule has 2 heterocycles. The van der Waals surface area contributed by atoms with Crippen LogP contribution in [0.25, 0.3) is 0 Å². The average Bonchev–Trinajstić information content (AvgIpc) is 2.59. The molecule has 0 N–H and O–H groups in total. The van der Waals surface area contributed by atoms with Crippen LogP contribution in [0, 0.1) is 16.7 Å². The molecule has 4 nitrogen and oxygen atoms in total. The van der Waals surface area contributed by atoms with E-state index in [2.05, 4.69) is 56.2 Å². The van der Waals surface area contributed by atoms with Gasteiger partial charge in [0.2, 0.25) is 5.91 Å². The van der Waals surface area contributed by atoms with Gasteiger partial charge in [-0.2, -0.15) is 0 Å². The van der Waals surface area contributed by atoms with Gasteiger partial charge in [0, 0.05) is 44.7 Å². The summed E-state index contributed by atoms with van der Waals surface area (Å²) in [7, 11) is 0. The largest absolute Gasteiger partial charge is 0.340 e. The van der Waals surface area contributed by atoms with Crippen LogP contribution in [0.4, 0.5) is 0 Å². The van der Waals surface area contributed by atoms with Crippen LogP contribution < -0.4 is 0 Å². The maximum atomic E-state index is 13.1. The Morgan fingerprint density at radius 1 is 0.808 bits per heavy atom. The first kappa shape index (κ1) is 21.7. The van der Waals surface area contributed by atoms with Gasteiger partial charge in [-0.1, -0.05) is 48.0 Å². The Morgan fingerprint density at radius 3 is 1.81 bits per heavy atom. The molecule has 0 saturated carbocycles. The van der Waals surface area contributed by atoms with Gasteiger partial charge < -0.3 is 9.80 Å².